The van der Waals surface area contributed by atoms with Gasteiger partial charge in [0.25, 0.3) is 0 Å². The molecule has 136 valence electrons. The molecule has 0 unspecified atom stereocenters. The van der Waals surface area contributed by atoms with E-state index in [1.807, 2.05) is 25.1 Å². The Morgan fingerprint density at radius 3 is 1.96 bits per heavy atom. The Morgan fingerprint density at radius 2 is 1.42 bits per heavy atom. The largest absolute Gasteiger partial charge is 0.465 e. The van der Waals surface area contributed by atoms with Gasteiger partial charge in [-0.2, -0.15) is 0 Å². The number of rotatable bonds is 5. The highest BCUT2D eigenvalue weighted by Gasteiger charge is 2.36. The van der Waals surface area contributed by atoms with Crippen LogP contribution in [0.3, 0.4) is 0 Å². The topological polar surface area (TPSA) is 84.5 Å². The Morgan fingerprint density at radius 1 is 0.885 bits per heavy atom. The summed E-state index contributed by atoms with van der Waals surface area (Å²) in [5, 5.41) is 5.43. The summed E-state index contributed by atoms with van der Waals surface area (Å²) in [7, 11) is 1.28. The lowest BCUT2D eigenvalue weighted by molar-refractivity contribution is -0.135. The van der Waals surface area contributed by atoms with Gasteiger partial charge in [0.1, 0.15) is 5.41 Å². The van der Waals surface area contributed by atoms with Gasteiger partial charge in [0.05, 0.1) is 12.7 Å². The number of hydrogen-bond acceptors (Lipinski definition) is 4. The summed E-state index contributed by atoms with van der Waals surface area (Å²) in [6.45, 7) is 5.00. The zero-order valence-corrected chi connectivity index (χ0v) is 15.3. The number of carbonyl (C=O) groups is 3. The SMILES string of the molecule is COC(=O)c1cccc(NC(=O)C(C)(C)C(=O)Nc2cccc(C)c2)c1. The van der Waals surface area contributed by atoms with E-state index in [9.17, 15) is 14.4 Å². The average Bonchev–Trinajstić information content (AvgIpc) is 2.61. The maximum atomic E-state index is 12.6. The molecule has 6 nitrogen and oxygen atoms in total. The van der Waals surface area contributed by atoms with Gasteiger partial charge in [0.2, 0.25) is 11.8 Å². The van der Waals surface area contributed by atoms with Gasteiger partial charge in [-0.1, -0.05) is 18.2 Å². The molecule has 0 heterocycles. The monoisotopic (exact) mass is 354 g/mol. The van der Waals surface area contributed by atoms with Gasteiger partial charge in [0, 0.05) is 11.4 Å². The van der Waals surface area contributed by atoms with Gasteiger partial charge < -0.3 is 15.4 Å². The van der Waals surface area contributed by atoms with Crippen LogP contribution in [0.15, 0.2) is 48.5 Å². The van der Waals surface area contributed by atoms with Crippen molar-refractivity contribution in [3.05, 3.63) is 59.7 Å². The quantitative estimate of drug-likeness (QED) is 0.637. The van der Waals surface area contributed by atoms with Gasteiger partial charge in [-0.25, -0.2) is 4.79 Å². The number of ether oxygens (including phenoxy) is 1. The molecule has 0 aromatic heterocycles. The fraction of sp³-hybridized carbons (Fsp3) is 0.250. The highest BCUT2D eigenvalue weighted by atomic mass is 16.5. The predicted molar refractivity (Wildman–Crippen MR) is 100 cm³/mol. The molecule has 2 N–H and O–H groups in total. The molecule has 0 saturated heterocycles. The molecule has 26 heavy (non-hydrogen) atoms. The number of nitrogens with one attached hydrogen (secondary N) is 2. The van der Waals surface area contributed by atoms with E-state index in [1.54, 1.807) is 24.3 Å². The number of esters is 1. The van der Waals surface area contributed by atoms with Crippen molar-refractivity contribution in [3.63, 3.8) is 0 Å². The van der Waals surface area contributed by atoms with Crippen LogP contribution in [0.25, 0.3) is 0 Å². The van der Waals surface area contributed by atoms with Crippen molar-refractivity contribution in [2.75, 3.05) is 17.7 Å². The van der Waals surface area contributed by atoms with Gasteiger partial charge >= 0.3 is 5.97 Å². The van der Waals surface area contributed by atoms with Crippen LogP contribution in [-0.2, 0) is 14.3 Å². The van der Waals surface area contributed by atoms with E-state index in [4.69, 9.17) is 0 Å². The number of methoxy groups -OCH3 is 1. The van der Waals surface area contributed by atoms with E-state index in [1.165, 1.54) is 27.0 Å². The van der Waals surface area contributed by atoms with Gasteiger partial charge in [-0.15, -0.1) is 0 Å². The first-order chi connectivity index (χ1) is 12.2. The summed E-state index contributed by atoms with van der Waals surface area (Å²) in [5.41, 5.74) is 1.04. The van der Waals surface area contributed by atoms with Gasteiger partial charge in [-0.05, 0) is 56.7 Å². The molecule has 0 aliphatic carbocycles. The van der Waals surface area contributed by atoms with Crippen LogP contribution in [-0.4, -0.2) is 24.9 Å². The van der Waals surface area contributed by atoms with Gasteiger partial charge in [-0.3, -0.25) is 9.59 Å². The first-order valence-electron chi connectivity index (χ1n) is 8.12. The van der Waals surface area contributed by atoms with Crippen molar-refractivity contribution in [2.24, 2.45) is 5.41 Å². The third-order valence-corrected chi connectivity index (χ3v) is 3.95. The molecule has 0 radical (unpaired) electrons. The van der Waals surface area contributed by atoms with E-state index in [-0.39, 0.29) is 0 Å². The molecule has 2 aromatic carbocycles. The number of benzene rings is 2. The van der Waals surface area contributed by atoms with E-state index in [2.05, 4.69) is 15.4 Å². The van der Waals surface area contributed by atoms with Crippen LogP contribution in [0.4, 0.5) is 11.4 Å². The number of amides is 2. The Kier molecular flexibility index (Phi) is 5.77. The summed E-state index contributed by atoms with van der Waals surface area (Å²) in [4.78, 5) is 36.7. The Labute approximate surface area is 152 Å². The van der Waals surface area contributed by atoms with Crippen LogP contribution >= 0.6 is 0 Å². The number of aryl methyl sites for hydroxylation is 1. The molecule has 0 aliphatic rings. The minimum atomic E-state index is -1.31. The molecule has 0 spiro atoms. The van der Waals surface area contributed by atoms with E-state index < -0.39 is 23.2 Å². The van der Waals surface area contributed by atoms with Crippen molar-refractivity contribution in [1.82, 2.24) is 0 Å². The van der Waals surface area contributed by atoms with Crippen molar-refractivity contribution >= 4 is 29.2 Å². The maximum Gasteiger partial charge on any atom is 0.337 e. The smallest absolute Gasteiger partial charge is 0.337 e. The Bertz CT molecular complexity index is 843. The minimum Gasteiger partial charge on any atom is -0.465 e. The first-order valence-corrected chi connectivity index (χ1v) is 8.12. The summed E-state index contributed by atoms with van der Waals surface area (Å²) in [6.07, 6.45) is 0. The molecule has 6 heteroatoms. The minimum absolute atomic E-state index is 0.312. The van der Waals surface area contributed by atoms with Crippen molar-refractivity contribution in [3.8, 4) is 0 Å². The third kappa shape index (κ3) is 4.47. The van der Waals surface area contributed by atoms with Crippen LogP contribution in [0.5, 0.6) is 0 Å². The fourth-order valence-corrected chi connectivity index (χ4v) is 2.24. The highest BCUT2D eigenvalue weighted by molar-refractivity contribution is 6.14. The molecule has 0 saturated carbocycles. The first kappa shape index (κ1) is 19.2. The molecular formula is C20H22N2O4. The average molecular weight is 354 g/mol. The fourth-order valence-electron chi connectivity index (χ4n) is 2.24. The second-order valence-corrected chi connectivity index (χ2v) is 6.48. The lowest BCUT2D eigenvalue weighted by atomic mass is 9.90. The molecule has 2 amide bonds. The highest BCUT2D eigenvalue weighted by Crippen LogP contribution is 2.22. The standard InChI is InChI=1S/C20H22N2O4/c1-13-7-5-9-15(11-13)21-18(24)20(2,3)19(25)22-16-10-6-8-14(12-16)17(23)26-4/h5-12H,1-4H3,(H,21,24)(H,22,25). The summed E-state index contributed by atoms with van der Waals surface area (Å²) < 4.78 is 4.66. The number of hydrogen-bond donors (Lipinski definition) is 2. The number of anilines is 2. The molecule has 2 aromatic rings. The number of carbonyl (C=O) groups excluding carboxylic acids is 3. The summed E-state index contributed by atoms with van der Waals surface area (Å²) in [5.74, 6) is -1.41. The Hall–Kier alpha value is -3.15. The molecule has 0 fully saturated rings. The van der Waals surface area contributed by atoms with E-state index in [0.29, 0.717) is 16.9 Å². The summed E-state index contributed by atoms with van der Waals surface area (Å²) >= 11 is 0. The van der Waals surface area contributed by atoms with Crippen LogP contribution in [0.2, 0.25) is 0 Å². The molecule has 0 atom stereocenters. The molecule has 2 rings (SSSR count). The maximum absolute atomic E-state index is 12.6. The second kappa shape index (κ2) is 7.82. The van der Waals surface area contributed by atoms with Crippen LogP contribution in [0, 0.1) is 12.3 Å². The third-order valence-electron chi connectivity index (χ3n) is 3.95. The molecule has 0 bridgehead atoms. The zero-order chi connectivity index (χ0) is 19.3. The van der Waals surface area contributed by atoms with Crippen LogP contribution < -0.4 is 10.6 Å². The molecule has 0 aliphatic heterocycles. The van der Waals surface area contributed by atoms with E-state index in [0.717, 1.165) is 5.56 Å². The molecular weight excluding hydrogens is 332 g/mol. The lowest BCUT2D eigenvalue weighted by Crippen LogP contribution is -2.41. The van der Waals surface area contributed by atoms with Crippen molar-refractivity contribution < 1.29 is 19.1 Å². The second-order valence-electron chi connectivity index (χ2n) is 6.48. The van der Waals surface area contributed by atoms with E-state index >= 15 is 0 Å². The van der Waals surface area contributed by atoms with Crippen molar-refractivity contribution in [1.29, 1.82) is 0 Å². The lowest BCUT2D eigenvalue weighted by Gasteiger charge is -2.23. The summed E-state index contributed by atoms with van der Waals surface area (Å²) in [6, 6.07) is 13.7. The normalized spacial score (nSPS) is 10.8. The Balaban J connectivity index is 2.12. The van der Waals surface area contributed by atoms with Crippen LogP contribution in [0.1, 0.15) is 29.8 Å². The predicted octanol–water partition coefficient (Wildman–Crippen LogP) is 3.39. The van der Waals surface area contributed by atoms with Gasteiger partial charge in [0.15, 0.2) is 0 Å². The van der Waals surface area contributed by atoms with Crippen molar-refractivity contribution in [2.45, 2.75) is 20.8 Å². The zero-order valence-electron chi connectivity index (χ0n) is 15.3.